The van der Waals surface area contributed by atoms with Gasteiger partial charge in [-0.25, -0.2) is 0 Å². The molecule has 2 rings (SSSR count). The molecule has 2 aromatic rings. The van der Waals surface area contributed by atoms with E-state index in [-0.39, 0.29) is 0 Å². The van der Waals surface area contributed by atoms with E-state index < -0.39 is 5.66 Å². The molecular weight excluding hydrogens is 184 g/mol. The molecule has 0 aliphatic rings. The fraction of sp³-hybridized carbons (Fsp3) is 0.231. The molecule has 1 unspecified atom stereocenters. The third-order valence-electron chi connectivity index (χ3n) is 2.87. The second kappa shape index (κ2) is 3.65. The van der Waals surface area contributed by atoms with Crippen LogP contribution in [-0.2, 0) is 5.66 Å². The average Bonchev–Trinajstić information content (AvgIpc) is 2.28. The second-order valence-corrected chi connectivity index (χ2v) is 3.98. The van der Waals surface area contributed by atoms with Crippen LogP contribution in [0.4, 0.5) is 0 Å². The maximum absolute atomic E-state index is 6.19. The summed E-state index contributed by atoms with van der Waals surface area (Å²) in [5.74, 6) is 0. The molecule has 0 aliphatic carbocycles. The smallest absolute Gasteiger partial charge is 0.0899 e. The Bertz CT molecular complexity index is 469. The van der Waals surface area contributed by atoms with Gasteiger partial charge in [0.25, 0.3) is 0 Å². The van der Waals surface area contributed by atoms with Crippen molar-refractivity contribution in [1.82, 2.24) is 5.32 Å². The summed E-state index contributed by atoms with van der Waals surface area (Å²) in [6, 6.07) is 14.5. The highest BCUT2D eigenvalue weighted by Gasteiger charge is 2.20. The summed E-state index contributed by atoms with van der Waals surface area (Å²) in [6.45, 7) is 1.98. The van der Waals surface area contributed by atoms with E-state index in [0.29, 0.717) is 0 Å². The Morgan fingerprint density at radius 2 is 1.73 bits per heavy atom. The number of nitrogens with two attached hydrogens (primary N) is 1. The van der Waals surface area contributed by atoms with Crippen LogP contribution >= 0.6 is 0 Å². The first-order chi connectivity index (χ1) is 7.15. The van der Waals surface area contributed by atoms with Gasteiger partial charge in [-0.3, -0.25) is 5.32 Å². The van der Waals surface area contributed by atoms with Gasteiger partial charge in [0.15, 0.2) is 0 Å². The van der Waals surface area contributed by atoms with Crippen molar-refractivity contribution in [3.63, 3.8) is 0 Å². The van der Waals surface area contributed by atoms with Crippen LogP contribution in [0.25, 0.3) is 10.8 Å². The number of fused-ring (bicyclic) bond motifs is 1. The van der Waals surface area contributed by atoms with Gasteiger partial charge in [0.1, 0.15) is 0 Å². The number of hydrogen-bond acceptors (Lipinski definition) is 2. The molecule has 0 spiro atoms. The maximum Gasteiger partial charge on any atom is 0.0899 e. The summed E-state index contributed by atoms with van der Waals surface area (Å²) < 4.78 is 0. The van der Waals surface area contributed by atoms with Gasteiger partial charge in [0.05, 0.1) is 5.66 Å². The summed E-state index contributed by atoms with van der Waals surface area (Å²) in [6.07, 6.45) is 0. The van der Waals surface area contributed by atoms with Crippen molar-refractivity contribution in [2.24, 2.45) is 5.73 Å². The van der Waals surface area contributed by atoms with Crippen molar-refractivity contribution < 1.29 is 0 Å². The standard InChI is InChI=1S/C13H16N2/c1-13(14,15-2)12-9-5-7-10-6-3-4-8-11(10)12/h3-9,15H,14H2,1-2H3. The molecule has 0 heterocycles. The molecule has 0 saturated heterocycles. The van der Waals surface area contributed by atoms with Gasteiger partial charge >= 0.3 is 0 Å². The Hall–Kier alpha value is -1.38. The number of hydrogen-bond donors (Lipinski definition) is 2. The minimum Gasteiger partial charge on any atom is -0.310 e. The Kier molecular flexibility index (Phi) is 2.47. The van der Waals surface area contributed by atoms with Crippen LogP contribution in [0.15, 0.2) is 42.5 Å². The lowest BCUT2D eigenvalue weighted by Crippen LogP contribution is -2.45. The predicted molar refractivity (Wildman–Crippen MR) is 64.5 cm³/mol. The first-order valence-electron chi connectivity index (χ1n) is 5.11. The normalized spacial score (nSPS) is 15.1. The summed E-state index contributed by atoms with van der Waals surface area (Å²) in [7, 11) is 1.88. The lowest BCUT2D eigenvalue weighted by molar-refractivity contribution is 0.421. The molecule has 0 radical (unpaired) electrons. The first kappa shape index (κ1) is 10.1. The highest BCUT2D eigenvalue weighted by atomic mass is 15.1. The molecule has 0 aromatic heterocycles. The van der Waals surface area contributed by atoms with E-state index in [1.54, 1.807) is 0 Å². The lowest BCUT2D eigenvalue weighted by atomic mass is 9.95. The average molecular weight is 200 g/mol. The van der Waals surface area contributed by atoms with E-state index in [9.17, 15) is 0 Å². The Balaban J connectivity index is 2.71. The molecule has 78 valence electrons. The monoisotopic (exact) mass is 200 g/mol. The minimum atomic E-state index is -0.485. The fourth-order valence-corrected chi connectivity index (χ4v) is 1.81. The highest BCUT2D eigenvalue weighted by Crippen LogP contribution is 2.24. The zero-order valence-corrected chi connectivity index (χ0v) is 9.12. The number of nitrogens with one attached hydrogen (secondary N) is 1. The molecule has 15 heavy (non-hydrogen) atoms. The minimum absolute atomic E-state index is 0.485. The first-order valence-corrected chi connectivity index (χ1v) is 5.11. The van der Waals surface area contributed by atoms with Crippen molar-refractivity contribution in [3.05, 3.63) is 48.0 Å². The van der Waals surface area contributed by atoms with Crippen LogP contribution in [-0.4, -0.2) is 7.05 Å². The quantitative estimate of drug-likeness (QED) is 0.729. The van der Waals surface area contributed by atoms with Gasteiger partial charge in [0, 0.05) is 0 Å². The summed E-state index contributed by atoms with van der Waals surface area (Å²) in [4.78, 5) is 0. The van der Waals surface area contributed by atoms with Crippen molar-refractivity contribution >= 4 is 10.8 Å². The van der Waals surface area contributed by atoms with E-state index in [2.05, 4.69) is 29.6 Å². The van der Waals surface area contributed by atoms with Crippen LogP contribution in [0, 0.1) is 0 Å². The van der Waals surface area contributed by atoms with Crippen LogP contribution in [0.5, 0.6) is 0 Å². The number of benzene rings is 2. The van der Waals surface area contributed by atoms with Crippen LogP contribution in [0.3, 0.4) is 0 Å². The third kappa shape index (κ3) is 1.74. The molecule has 0 amide bonds. The summed E-state index contributed by atoms with van der Waals surface area (Å²) >= 11 is 0. The Morgan fingerprint density at radius 1 is 1.07 bits per heavy atom. The fourth-order valence-electron chi connectivity index (χ4n) is 1.81. The molecule has 2 aromatic carbocycles. The summed E-state index contributed by atoms with van der Waals surface area (Å²) in [5, 5.41) is 5.56. The topological polar surface area (TPSA) is 38.0 Å². The molecule has 0 bridgehead atoms. The molecule has 0 fully saturated rings. The summed E-state index contributed by atoms with van der Waals surface area (Å²) in [5.41, 5.74) is 6.83. The third-order valence-corrected chi connectivity index (χ3v) is 2.87. The maximum atomic E-state index is 6.19. The zero-order valence-electron chi connectivity index (χ0n) is 9.12. The predicted octanol–water partition coefficient (Wildman–Crippen LogP) is 2.19. The van der Waals surface area contributed by atoms with Crippen molar-refractivity contribution in [3.8, 4) is 0 Å². The van der Waals surface area contributed by atoms with Gasteiger partial charge in [-0.2, -0.15) is 0 Å². The van der Waals surface area contributed by atoms with E-state index in [1.165, 1.54) is 10.8 Å². The molecule has 0 saturated carbocycles. The van der Waals surface area contributed by atoms with E-state index in [0.717, 1.165) is 5.56 Å². The lowest BCUT2D eigenvalue weighted by Gasteiger charge is -2.26. The molecular formula is C13H16N2. The van der Waals surface area contributed by atoms with E-state index >= 15 is 0 Å². The van der Waals surface area contributed by atoms with Crippen LogP contribution in [0.2, 0.25) is 0 Å². The Labute approximate surface area is 90.1 Å². The molecule has 2 heteroatoms. The molecule has 1 atom stereocenters. The zero-order chi connectivity index (χ0) is 10.9. The van der Waals surface area contributed by atoms with E-state index in [4.69, 9.17) is 5.73 Å². The van der Waals surface area contributed by atoms with Crippen molar-refractivity contribution in [1.29, 1.82) is 0 Å². The molecule has 0 aliphatic heterocycles. The molecule has 3 N–H and O–H groups in total. The van der Waals surface area contributed by atoms with Crippen molar-refractivity contribution in [2.45, 2.75) is 12.6 Å². The van der Waals surface area contributed by atoms with E-state index in [1.807, 2.05) is 32.2 Å². The van der Waals surface area contributed by atoms with Gasteiger partial charge in [-0.05, 0) is 30.3 Å². The highest BCUT2D eigenvalue weighted by molar-refractivity contribution is 5.86. The van der Waals surface area contributed by atoms with Gasteiger partial charge in [0.2, 0.25) is 0 Å². The Morgan fingerprint density at radius 3 is 2.47 bits per heavy atom. The van der Waals surface area contributed by atoms with Crippen LogP contribution < -0.4 is 11.1 Å². The SMILES string of the molecule is CNC(C)(N)c1cccc2ccccc12. The van der Waals surface area contributed by atoms with Gasteiger partial charge < -0.3 is 5.73 Å². The van der Waals surface area contributed by atoms with Crippen LogP contribution in [0.1, 0.15) is 12.5 Å². The second-order valence-electron chi connectivity index (χ2n) is 3.98. The van der Waals surface area contributed by atoms with Gasteiger partial charge in [-0.1, -0.05) is 42.5 Å². The largest absolute Gasteiger partial charge is 0.310 e. The molecule has 2 nitrogen and oxygen atoms in total. The number of rotatable bonds is 2. The van der Waals surface area contributed by atoms with Gasteiger partial charge in [-0.15, -0.1) is 0 Å². The van der Waals surface area contributed by atoms with Crippen molar-refractivity contribution in [2.75, 3.05) is 7.05 Å².